The average molecular weight is 310 g/mol. The number of nitrogens with zero attached hydrogens (tertiary/aromatic N) is 3. The molecule has 0 aliphatic heterocycles. The van der Waals surface area contributed by atoms with Crippen LogP contribution in [0, 0.1) is 0 Å². The summed E-state index contributed by atoms with van der Waals surface area (Å²) in [5.41, 5.74) is 1.84. The standard InChI is InChI=1S/C15H10ClN3.C3H6/c16-15-18-13(11-7-3-1-4-8-11)17-14(19-15)12-9-5-2-6-10-12;1-3-2/h1-10H;3H,1H2,2H3. The quantitative estimate of drug-likeness (QED) is 0.622. The topological polar surface area (TPSA) is 38.7 Å². The summed E-state index contributed by atoms with van der Waals surface area (Å²) >= 11 is 5.99. The van der Waals surface area contributed by atoms with E-state index in [4.69, 9.17) is 11.6 Å². The summed E-state index contributed by atoms with van der Waals surface area (Å²) in [4.78, 5) is 12.8. The summed E-state index contributed by atoms with van der Waals surface area (Å²) in [5, 5.41) is 0.202. The van der Waals surface area contributed by atoms with Gasteiger partial charge in [-0.25, -0.2) is 4.98 Å². The number of benzene rings is 2. The number of hydrogen-bond donors (Lipinski definition) is 0. The number of hydrogen-bond acceptors (Lipinski definition) is 3. The van der Waals surface area contributed by atoms with Crippen LogP contribution in [0.4, 0.5) is 0 Å². The summed E-state index contributed by atoms with van der Waals surface area (Å²) in [6.45, 7) is 5.25. The van der Waals surface area contributed by atoms with Crippen molar-refractivity contribution in [3.63, 3.8) is 0 Å². The molecular weight excluding hydrogens is 294 g/mol. The zero-order chi connectivity index (χ0) is 15.8. The first-order valence-corrected chi connectivity index (χ1v) is 7.22. The molecule has 0 saturated heterocycles. The van der Waals surface area contributed by atoms with Gasteiger partial charge in [-0.3, -0.25) is 0 Å². The molecule has 110 valence electrons. The number of halogens is 1. The van der Waals surface area contributed by atoms with Gasteiger partial charge in [0.15, 0.2) is 11.6 Å². The fraction of sp³-hybridized carbons (Fsp3) is 0.0556. The molecule has 0 unspecified atom stereocenters. The second kappa shape index (κ2) is 8.05. The molecule has 0 bridgehead atoms. The maximum absolute atomic E-state index is 5.99. The Morgan fingerprint density at radius 3 is 1.50 bits per heavy atom. The lowest BCUT2D eigenvalue weighted by atomic mass is 10.2. The van der Waals surface area contributed by atoms with Gasteiger partial charge in [-0.2, -0.15) is 9.97 Å². The van der Waals surface area contributed by atoms with E-state index in [1.165, 1.54) is 0 Å². The molecule has 1 heterocycles. The normalized spacial score (nSPS) is 9.55. The van der Waals surface area contributed by atoms with Crippen molar-refractivity contribution in [2.45, 2.75) is 6.92 Å². The Morgan fingerprint density at radius 2 is 1.14 bits per heavy atom. The molecule has 2 aromatic carbocycles. The third-order valence-electron chi connectivity index (χ3n) is 2.67. The molecule has 3 rings (SSSR count). The van der Waals surface area contributed by atoms with Crippen molar-refractivity contribution in [2.24, 2.45) is 0 Å². The molecule has 3 nitrogen and oxygen atoms in total. The van der Waals surface area contributed by atoms with E-state index in [2.05, 4.69) is 21.5 Å². The molecule has 3 aromatic rings. The smallest absolute Gasteiger partial charge is 0.208 e. The van der Waals surface area contributed by atoms with Crippen molar-refractivity contribution in [3.05, 3.63) is 78.6 Å². The fourth-order valence-electron chi connectivity index (χ4n) is 1.78. The van der Waals surface area contributed by atoms with Crippen LogP contribution in [0.3, 0.4) is 0 Å². The average Bonchev–Trinajstić information content (AvgIpc) is 2.57. The second-order valence-corrected chi connectivity index (χ2v) is 4.73. The van der Waals surface area contributed by atoms with E-state index < -0.39 is 0 Å². The first-order chi connectivity index (χ1) is 10.7. The maximum atomic E-state index is 5.99. The molecule has 0 spiro atoms. The van der Waals surface area contributed by atoms with E-state index >= 15 is 0 Å². The molecule has 0 N–H and O–H groups in total. The van der Waals surface area contributed by atoms with Crippen LogP contribution in [0.2, 0.25) is 5.28 Å². The van der Waals surface area contributed by atoms with Gasteiger partial charge < -0.3 is 0 Å². The lowest BCUT2D eigenvalue weighted by Gasteiger charge is -2.04. The highest BCUT2D eigenvalue weighted by Crippen LogP contribution is 2.21. The van der Waals surface area contributed by atoms with Crippen LogP contribution in [0.1, 0.15) is 6.92 Å². The monoisotopic (exact) mass is 309 g/mol. The van der Waals surface area contributed by atoms with Crippen molar-refractivity contribution < 1.29 is 0 Å². The molecule has 0 aliphatic carbocycles. The number of rotatable bonds is 2. The molecule has 0 aliphatic rings. The van der Waals surface area contributed by atoms with E-state index in [1.807, 2.05) is 67.6 Å². The SMILES string of the molecule is C=CC.Clc1nc(-c2ccccc2)nc(-c2ccccc2)n1. The van der Waals surface area contributed by atoms with Crippen LogP contribution < -0.4 is 0 Å². The maximum Gasteiger partial charge on any atom is 0.226 e. The summed E-state index contributed by atoms with van der Waals surface area (Å²) in [6.07, 6.45) is 1.75. The minimum atomic E-state index is 0.202. The zero-order valence-electron chi connectivity index (χ0n) is 12.3. The largest absolute Gasteiger partial charge is 0.226 e. The van der Waals surface area contributed by atoms with Gasteiger partial charge in [0.2, 0.25) is 5.28 Å². The second-order valence-electron chi connectivity index (χ2n) is 4.39. The van der Waals surface area contributed by atoms with Crippen molar-refractivity contribution >= 4 is 11.6 Å². The lowest BCUT2D eigenvalue weighted by molar-refractivity contribution is 1.07. The van der Waals surface area contributed by atoms with Crippen LogP contribution >= 0.6 is 11.6 Å². The Kier molecular flexibility index (Phi) is 5.81. The highest BCUT2D eigenvalue weighted by molar-refractivity contribution is 6.28. The molecule has 4 heteroatoms. The third-order valence-corrected chi connectivity index (χ3v) is 2.84. The highest BCUT2D eigenvalue weighted by atomic mass is 35.5. The molecule has 0 fully saturated rings. The molecule has 22 heavy (non-hydrogen) atoms. The Morgan fingerprint density at radius 1 is 0.773 bits per heavy atom. The van der Waals surface area contributed by atoms with Crippen LogP contribution in [-0.4, -0.2) is 15.0 Å². The Labute approximate surface area is 135 Å². The lowest BCUT2D eigenvalue weighted by Crippen LogP contribution is -1.96. The molecular formula is C18H16ClN3. The highest BCUT2D eigenvalue weighted by Gasteiger charge is 2.08. The predicted molar refractivity (Wildman–Crippen MR) is 91.6 cm³/mol. The molecule has 0 atom stereocenters. The van der Waals surface area contributed by atoms with Crippen molar-refractivity contribution in [1.29, 1.82) is 0 Å². The van der Waals surface area contributed by atoms with E-state index in [1.54, 1.807) is 6.08 Å². The third kappa shape index (κ3) is 4.24. The van der Waals surface area contributed by atoms with Crippen LogP contribution in [0.25, 0.3) is 22.8 Å². The van der Waals surface area contributed by atoms with Crippen LogP contribution in [0.15, 0.2) is 73.3 Å². The summed E-state index contributed by atoms with van der Waals surface area (Å²) in [6, 6.07) is 19.4. The van der Waals surface area contributed by atoms with Crippen molar-refractivity contribution in [2.75, 3.05) is 0 Å². The number of allylic oxidation sites excluding steroid dienone is 1. The Hall–Kier alpha value is -2.52. The molecule has 0 saturated carbocycles. The minimum Gasteiger partial charge on any atom is -0.208 e. The van der Waals surface area contributed by atoms with E-state index in [-0.39, 0.29) is 5.28 Å². The van der Waals surface area contributed by atoms with E-state index in [9.17, 15) is 0 Å². The Bertz CT molecular complexity index is 670. The van der Waals surface area contributed by atoms with Gasteiger partial charge in [-0.05, 0) is 18.5 Å². The Balaban J connectivity index is 0.000000545. The van der Waals surface area contributed by atoms with Gasteiger partial charge in [-0.1, -0.05) is 66.7 Å². The van der Waals surface area contributed by atoms with E-state index in [0.717, 1.165) is 11.1 Å². The molecule has 0 amide bonds. The molecule has 0 radical (unpaired) electrons. The van der Waals surface area contributed by atoms with Gasteiger partial charge in [0.1, 0.15) is 0 Å². The summed E-state index contributed by atoms with van der Waals surface area (Å²) in [7, 11) is 0. The van der Waals surface area contributed by atoms with Gasteiger partial charge in [0.25, 0.3) is 0 Å². The first-order valence-electron chi connectivity index (χ1n) is 6.84. The van der Waals surface area contributed by atoms with Gasteiger partial charge in [0, 0.05) is 11.1 Å². The minimum absolute atomic E-state index is 0.202. The summed E-state index contributed by atoms with van der Waals surface area (Å²) < 4.78 is 0. The summed E-state index contributed by atoms with van der Waals surface area (Å²) in [5.74, 6) is 1.17. The van der Waals surface area contributed by atoms with E-state index in [0.29, 0.717) is 11.6 Å². The van der Waals surface area contributed by atoms with Gasteiger partial charge in [-0.15, -0.1) is 6.58 Å². The first kappa shape index (κ1) is 15.9. The molecule has 1 aromatic heterocycles. The number of aromatic nitrogens is 3. The van der Waals surface area contributed by atoms with Crippen LogP contribution in [-0.2, 0) is 0 Å². The van der Waals surface area contributed by atoms with Gasteiger partial charge in [0.05, 0.1) is 0 Å². The zero-order valence-corrected chi connectivity index (χ0v) is 13.0. The van der Waals surface area contributed by atoms with Gasteiger partial charge >= 0.3 is 0 Å². The van der Waals surface area contributed by atoms with Crippen molar-refractivity contribution in [1.82, 2.24) is 15.0 Å². The fourth-order valence-corrected chi connectivity index (χ4v) is 1.94. The van der Waals surface area contributed by atoms with Crippen LogP contribution in [0.5, 0.6) is 0 Å². The van der Waals surface area contributed by atoms with Crippen molar-refractivity contribution in [3.8, 4) is 22.8 Å². The predicted octanol–water partition coefficient (Wildman–Crippen LogP) is 5.05.